The SMILES string of the molecule is OCC1O[C@@H](S[C@@H]2OC(CO)[C@H](O)C(n3cc(-c4cccc(F)c4)nn3)[C@@H]2O)[C@H](O)C(n2cc(-c3cccc(F)c3)nn2)[C@H]1O. The molecule has 45 heavy (non-hydrogen) atoms. The number of aromatic nitrogens is 6. The van der Waals surface area contributed by atoms with Gasteiger partial charge in [-0.2, -0.15) is 0 Å². The zero-order valence-corrected chi connectivity index (χ0v) is 24.1. The number of aliphatic hydroxyl groups excluding tert-OH is 6. The van der Waals surface area contributed by atoms with Crippen molar-refractivity contribution in [3.05, 3.63) is 72.6 Å². The maximum absolute atomic E-state index is 13.8. The molecular formula is C28H30F2N6O8S. The molecule has 6 N–H and O–H groups in total. The van der Waals surface area contributed by atoms with E-state index in [-0.39, 0.29) is 11.4 Å². The lowest BCUT2D eigenvalue weighted by Gasteiger charge is -2.46. The van der Waals surface area contributed by atoms with Crippen LogP contribution in [0.1, 0.15) is 12.1 Å². The molecule has 0 spiro atoms. The van der Waals surface area contributed by atoms with E-state index in [4.69, 9.17) is 9.47 Å². The van der Waals surface area contributed by atoms with Crippen LogP contribution in [0.3, 0.4) is 0 Å². The zero-order valence-electron chi connectivity index (χ0n) is 23.3. The van der Waals surface area contributed by atoms with Crippen LogP contribution in [0.4, 0.5) is 8.78 Å². The molecule has 6 rings (SSSR count). The van der Waals surface area contributed by atoms with Crippen molar-refractivity contribution in [1.29, 1.82) is 0 Å². The van der Waals surface area contributed by atoms with Crippen molar-refractivity contribution in [3.8, 4) is 22.5 Å². The molecule has 4 heterocycles. The highest BCUT2D eigenvalue weighted by molar-refractivity contribution is 8.00. The third-order valence-electron chi connectivity index (χ3n) is 7.84. The van der Waals surface area contributed by atoms with Gasteiger partial charge >= 0.3 is 0 Å². The highest BCUT2D eigenvalue weighted by Crippen LogP contribution is 2.42. The first-order valence-electron chi connectivity index (χ1n) is 13.9. The first kappa shape index (κ1) is 31.6. The van der Waals surface area contributed by atoms with Crippen LogP contribution in [0.5, 0.6) is 0 Å². The van der Waals surface area contributed by atoms with Gasteiger partial charge in [0.25, 0.3) is 0 Å². The van der Waals surface area contributed by atoms with Crippen LogP contribution in [-0.2, 0) is 9.47 Å². The smallest absolute Gasteiger partial charge is 0.134 e. The van der Waals surface area contributed by atoms with Crippen molar-refractivity contribution in [2.75, 3.05) is 13.2 Å². The molecule has 2 saturated heterocycles. The van der Waals surface area contributed by atoms with E-state index < -0.39 is 84.4 Å². The molecule has 0 amide bonds. The van der Waals surface area contributed by atoms with Crippen molar-refractivity contribution in [2.45, 2.75) is 59.6 Å². The average Bonchev–Trinajstić information content (AvgIpc) is 3.71. The molecule has 4 unspecified atom stereocenters. The van der Waals surface area contributed by atoms with E-state index >= 15 is 0 Å². The first-order valence-corrected chi connectivity index (χ1v) is 14.9. The maximum Gasteiger partial charge on any atom is 0.134 e. The highest BCUT2D eigenvalue weighted by atomic mass is 32.2. The lowest BCUT2D eigenvalue weighted by molar-refractivity contribution is -0.189. The summed E-state index contributed by atoms with van der Waals surface area (Å²) in [4.78, 5) is 0. The van der Waals surface area contributed by atoms with Gasteiger partial charge in [0.1, 0.15) is 82.6 Å². The van der Waals surface area contributed by atoms with Gasteiger partial charge in [0, 0.05) is 11.1 Å². The summed E-state index contributed by atoms with van der Waals surface area (Å²) in [7, 11) is 0. The summed E-state index contributed by atoms with van der Waals surface area (Å²) in [6.45, 7) is -1.27. The normalized spacial score (nSPS) is 32.1. The predicted octanol–water partition coefficient (Wildman–Crippen LogP) is -0.125. The van der Waals surface area contributed by atoms with Crippen molar-refractivity contribution < 1.29 is 48.9 Å². The number of benzene rings is 2. The second kappa shape index (κ2) is 13.1. The quantitative estimate of drug-likeness (QED) is 0.148. The van der Waals surface area contributed by atoms with Gasteiger partial charge in [-0.3, -0.25) is 0 Å². The van der Waals surface area contributed by atoms with Gasteiger partial charge in [0.15, 0.2) is 0 Å². The summed E-state index contributed by atoms with van der Waals surface area (Å²) >= 11 is 0.796. The van der Waals surface area contributed by atoms with Crippen molar-refractivity contribution in [3.63, 3.8) is 0 Å². The summed E-state index contributed by atoms with van der Waals surface area (Å²) in [6.07, 6.45) is -5.48. The van der Waals surface area contributed by atoms with Crippen LogP contribution < -0.4 is 0 Å². The number of thioether (sulfide) groups is 1. The molecule has 2 aliphatic rings. The van der Waals surface area contributed by atoms with Gasteiger partial charge in [-0.05, 0) is 24.3 Å². The summed E-state index contributed by atoms with van der Waals surface area (Å²) < 4.78 is 41.5. The molecule has 0 saturated carbocycles. The van der Waals surface area contributed by atoms with Gasteiger partial charge in [-0.15, -0.1) is 10.2 Å². The van der Waals surface area contributed by atoms with Gasteiger partial charge in [0.2, 0.25) is 0 Å². The minimum absolute atomic E-state index is 0.268. The second-order valence-corrected chi connectivity index (χ2v) is 11.9. The van der Waals surface area contributed by atoms with Gasteiger partial charge < -0.3 is 40.1 Å². The molecule has 0 aliphatic carbocycles. The van der Waals surface area contributed by atoms with E-state index in [9.17, 15) is 39.4 Å². The van der Waals surface area contributed by atoms with Gasteiger partial charge in [-0.1, -0.05) is 46.5 Å². The Morgan fingerprint density at radius 3 is 1.47 bits per heavy atom. The fourth-order valence-electron chi connectivity index (χ4n) is 5.52. The molecule has 17 heteroatoms. The predicted molar refractivity (Wildman–Crippen MR) is 152 cm³/mol. The first-order chi connectivity index (χ1) is 21.7. The van der Waals surface area contributed by atoms with Crippen LogP contribution in [0.25, 0.3) is 22.5 Å². The highest BCUT2D eigenvalue weighted by Gasteiger charge is 2.51. The summed E-state index contributed by atoms with van der Waals surface area (Å²) in [5, 5.41) is 80.8. The molecule has 4 aromatic rings. The van der Waals surface area contributed by atoms with E-state index in [1.807, 2.05) is 0 Å². The van der Waals surface area contributed by atoms with E-state index in [0.29, 0.717) is 11.1 Å². The summed E-state index contributed by atoms with van der Waals surface area (Å²) in [6, 6.07) is 8.88. The van der Waals surface area contributed by atoms with E-state index in [1.54, 1.807) is 12.1 Å². The Labute approximate surface area is 258 Å². The minimum atomic E-state index is -1.51. The standard InChI is InChI=1S/C28H30F2N6O8S/c29-15-5-1-3-13(7-15)17-9-35(33-31-17)21-23(39)19(11-37)43-27(25(21)41)45-28-26(42)22(24(40)20(12-38)44-28)36-10-18(32-34-36)14-4-2-6-16(30)8-14/h1-10,19-28,37-42H,11-12H2/t19?,20?,21?,22?,23-,24-,25-,26+,27-,28-/m0/s1. The van der Waals surface area contributed by atoms with E-state index in [0.717, 1.165) is 11.8 Å². The molecule has 2 aliphatic heterocycles. The van der Waals surface area contributed by atoms with Crippen molar-refractivity contribution >= 4 is 11.8 Å². The summed E-state index contributed by atoms with van der Waals surface area (Å²) in [5.41, 5.74) is -1.10. The van der Waals surface area contributed by atoms with Crippen LogP contribution >= 0.6 is 11.8 Å². The van der Waals surface area contributed by atoms with Crippen LogP contribution in [-0.4, -0.2) is 121 Å². The molecule has 240 valence electrons. The van der Waals surface area contributed by atoms with Crippen molar-refractivity contribution in [2.24, 2.45) is 0 Å². The Morgan fingerprint density at radius 2 is 1.09 bits per heavy atom. The number of nitrogens with zero attached hydrogens (tertiary/aromatic N) is 6. The molecule has 14 nitrogen and oxygen atoms in total. The number of ether oxygens (including phenoxy) is 2. The lowest BCUT2D eigenvalue weighted by atomic mass is 9.97. The Balaban J connectivity index is 1.25. The fourth-order valence-corrected chi connectivity index (χ4v) is 6.84. The average molecular weight is 649 g/mol. The van der Waals surface area contributed by atoms with E-state index in [1.165, 1.54) is 58.2 Å². The second-order valence-electron chi connectivity index (χ2n) is 10.7. The fraction of sp³-hybridized carbons (Fsp3) is 0.429. The third kappa shape index (κ3) is 6.23. The minimum Gasteiger partial charge on any atom is -0.394 e. The molecule has 2 aromatic heterocycles. The Bertz CT molecular complexity index is 1500. The zero-order chi connectivity index (χ0) is 31.8. The maximum atomic E-state index is 13.8. The summed E-state index contributed by atoms with van der Waals surface area (Å²) in [5.74, 6) is -0.978. The number of rotatable bonds is 8. The Kier molecular flexibility index (Phi) is 9.23. The molecule has 10 atom stereocenters. The molecular weight excluding hydrogens is 618 g/mol. The van der Waals surface area contributed by atoms with Crippen LogP contribution in [0.15, 0.2) is 60.9 Å². The molecule has 0 radical (unpaired) electrons. The topological polar surface area (TPSA) is 201 Å². The number of hydrogen-bond acceptors (Lipinski definition) is 13. The number of aliphatic hydroxyl groups is 6. The van der Waals surface area contributed by atoms with E-state index in [2.05, 4.69) is 20.6 Å². The largest absolute Gasteiger partial charge is 0.394 e. The van der Waals surface area contributed by atoms with Gasteiger partial charge in [0.05, 0.1) is 25.6 Å². The molecule has 2 fully saturated rings. The van der Waals surface area contributed by atoms with Gasteiger partial charge in [-0.25, -0.2) is 18.1 Å². The Morgan fingerprint density at radius 1 is 0.667 bits per heavy atom. The Hall–Kier alpha value is -3.39. The third-order valence-corrected chi connectivity index (χ3v) is 9.15. The van der Waals surface area contributed by atoms with Crippen LogP contribution in [0.2, 0.25) is 0 Å². The molecule has 0 bridgehead atoms. The monoisotopic (exact) mass is 648 g/mol. The van der Waals surface area contributed by atoms with Crippen molar-refractivity contribution in [1.82, 2.24) is 30.0 Å². The number of hydrogen-bond donors (Lipinski definition) is 6. The molecule has 2 aromatic carbocycles. The lowest BCUT2D eigenvalue weighted by Crippen LogP contribution is -2.58. The number of halogens is 2. The van der Waals surface area contributed by atoms with Crippen LogP contribution in [0, 0.1) is 11.6 Å².